The standard InChI is InChI=1S/C13H12N2O4S/c1-7(16)8-2-4-9(5-3-8)11-6-10(12(14)17)13(20-11)15(18)19/h2-7,16H,1H3,(H2,14,17). The van der Waals surface area contributed by atoms with Crippen molar-refractivity contribution in [2.45, 2.75) is 13.0 Å². The van der Waals surface area contributed by atoms with Gasteiger partial charge in [0.25, 0.3) is 5.91 Å². The molecule has 1 unspecified atom stereocenters. The number of thiophene rings is 1. The average Bonchev–Trinajstić information content (AvgIpc) is 2.84. The highest BCUT2D eigenvalue weighted by Crippen LogP contribution is 2.36. The Morgan fingerprint density at radius 2 is 2.00 bits per heavy atom. The molecule has 0 bridgehead atoms. The van der Waals surface area contributed by atoms with Crippen LogP contribution in [0.5, 0.6) is 0 Å². The zero-order valence-electron chi connectivity index (χ0n) is 10.6. The molecule has 2 aromatic rings. The van der Waals surface area contributed by atoms with Crippen molar-refractivity contribution in [2.75, 3.05) is 0 Å². The summed E-state index contributed by atoms with van der Waals surface area (Å²) in [6.07, 6.45) is -0.581. The number of hydrogen-bond acceptors (Lipinski definition) is 5. The highest BCUT2D eigenvalue weighted by molar-refractivity contribution is 7.19. The minimum atomic E-state index is -0.820. The second kappa shape index (κ2) is 5.40. The zero-order chi connectivity index (χ0) is 14.9. The SMILES string of the molecule is CC(O)c1ccc(-c2cc(C(N)=O)c([N+](=O)[O-])s2)cc1. The number of carbonyl (C=O) groups excluding carboxylic acids is 1. The van der Waals surface area contributed by atoms with Crippen LogP contribution in [0.25, 0.3) is 10.4 Å². The summed E-state index contributed by atoms with van der Waals surface area (Å²) in [5.41, 5.74) is 6.53. The molecule has 1 aromatic carbocycles. The van der Waals surface area contributed by atoms with Gasteiger partial charge in [-0.25, -0.2) is 0 Å². The molecule has 1 atom stereocenters. The van der Waals surface area contributed by atoms with E-state index in [9.17, 15) is 20.0 Å². The van der Waals surface area contributed by atoms with Crippen LogP contribution >= 0.6 is 11.3 Å². The van der Waals surface area contributed by atoms with Gasteiger partial charge in [0.15, 0.2) is 0 Å². The third kappa shape index (κ3) is 2.68. The highest BCUT2D eigenvalue weighted by Gasteiger charge is 2.23. The van der Waals surface area contributed by atoms with E-state index in [0.29, 0.717) is 4.88 Å². The van der Waals surface area contributed by atoms with Gasteiger partial charge in [0.2, 0.25) is 0 Å². The molecule has 0 aliphatic heterocycles. The van der Waals surface area contributed by atoms with E-state index in [0.717, 1.165) is 22.5 Å². The zero-order valence-corrected chi connectivity index (χ0v) is 11.4. The lowest BCUT2D eigenvalue weighted by molar-refractivity contribution is -0.380. The van der Waals surface area contributed by atoms with Gasteiger partial charge in [-0.3, -0.25) is 14.9 Å². The second-order valence-electron chi connectivity index (χ2n) is 4.25. The van der Waals surface area contributed by atoms with Gasteiger partial charge in [-0.15, -0.1) is 0 Å². The summed E-state index contributed by atoms with van der Waals surface area (Å²) in [6.45, 7) is 1.65. The molecule has 1 aromatic heterocycles. The van der Waals surface area contributed by atoms with E-state index in [1.54, 1.807) is 31.2 Å². The van der Waals surface area contributed by atoms with E-state index < -0.39 is 16.9 Å². The Bertz CT molecular complexity index is 630. The quantitative estimate of drug-likeness (QED) is 0.666. The van der Waals surface area contributed by atoms with Crippen LogP contribution in [0.15, 0.2) is 30.3 Å². The summed E-state index contributed by atoms with van der Waals surface area (Å²) in [5, 5.41) is 20.1. The van der Waals surface area contributed by atoms with Crippen LogP contribution in [0.4, 0.5) is 5.00 Å². The Hall–Kier alpha value is -2.25. The molecule has 0 aliphatic rings. The van der Waals surface area contributed by atoms with Crippen molar-refractivity contribution in [3.05, 3.63) is 51.6 Å². The average molecular weight is 292 g/mol. The second-order valence-corrected chi connectivity index (χ2v) is 5.28. The van der Waals surface area contributed by atoms with Crippen LogP contribution in [0.1, 0.15) is 28.9 Å². The maximum atomic E-state index is 11.2. The number of carbonyl (C=O) groups is 1. The molecular formula is C13H12N2O4S. The van der Waals surface area contributed by atoms with Crippen molar-refractivity contribution in [3.8, 4) is 10.4 Å². The third-order valence-electron chi connectivity index (χ3n) is 2.82. The smallest absolute Gasteiger partial charge is 0.337 e. The maximum absolute atomic E-state index is 11.2. The number of amides is 1. The summed E-state index contributed by atoms with van der Waals surface area (Å²) in [7, 11) is 0. The molecule has 1 heterocycles. The molecule has 0 saturated heterocycles. The topological polar surface area (TPSA) is 106 Å². The van der Waals surface area contributed by atoms with Gasteiger partial charge in [-0.2, -0.15) is 0 Å². The fourth-order valence-corrected chi connectivity index (χ4v) is 2.74. The number of nitrogens with two attached hydrogens (primary N) is 1. The molecule has 0 saturated carbocycles. The summed E-state index contributed by atoms with van der Waals surface area (Å²) in [6, 6.07) is 8.36. The van der Waals surface area contributed by atoms with Crippen molar-refractivity contribution >= 4 is 22.2 Å². The Morgan fingerprint density at radius 3 is 2.40 bits per heavy atom. The fraction of sp³-hybridized carbons (Fsp3) is 0.154. The largest absolute Gasteiger partial charge is 0.389 e. The highest BCUT2D eigenvalue weighted by atomic mass is 32.1. The van der Waals surface area contributed by atoms with Gasteiger partial charge in [-0.05, 0) is 24.1 Å². The van der Waals surface area contributed by atoms with Crippen LogP contribution < -0.4 is 5.73 Å². The van der Waals surface area contributed by atoms with Crippen LogP contribution in [0.2, 0.25) is 0 Å². The van der Waals surface area contributed by atoms with E-state index in [4.69, 9.17) is 5.73 Å². The molecular weight excluding hydrogens is 280 g/mol. The number of aliphatic hydroxyl groups excluding tert-OH is 1. The number of hydrogen-bond donors (Lipinski definition) is 2. The van der Waals surface area contributed by atoms with E-state index in [-0.39, 0.29) is 10.6 Å². The molecule has 6 nitrogen and oxygen atoms in total. The Morgan fingerprint density at radius 1 is 1.40 bits per heavy atom. The molecule has 0 fully saturated rings. The lowest BCUT2D eigenvalue weighted by Crippen LogP contribution is -2.11. The van der Waals surface area contributed by atoms with Gasteiger partial charge >= 0.3 is 5.00 Å². The minimum absolute atomic E-state index is 0.0883. The van der Waals surface area contributed by atoms with Gasteiger partial charge in [0, 0.05) is 4.88 Å². The molecule has 2 rings (SSSR count). The van der Waals surface area contributed by atoms with Crippen molar-refractivity contribution < 1.29 is 14.8 Å². The fourth-order valence-electron chi connectivity index (χ4n) is 1.76. The molecule has 0 radical (unpaired) electrons. The predicted octanol–water partition coefficient (Wildman–Crippen LogP) is 2.48. The number of rotatable bonds is 4. The lowest BCUT2D eigenvalue weighted by Gasteiger charge is -2.04. The van der Waals surface area contributed by atoms with Crippen LogP contribution in [-0.2, 0) is 0 Å². The van der Waals surface area contributed by atoms with Gasteiger partial charge in [-0.1, -0.05) is 35.6 Å². The number of benzene rings is 1. The normalized spacial score (nSPS) is 12.1. The van der Waals surface area contributed by atoms with Crippen molar-refractivity contribution in [2.24, 2.45) is 5.73 Å². The first-order valence-electron chi connectivity index (χ1n) is 5.76. The molecule has 0 spiro atoms. The number of nitro groups is 1. The molecule has 3 N–H and O–H groups in total. The number of nitrogens with zero attached hydrogens (tertiary/aromatic N) is 1. The summed E-state index contributed by atoms with van der Waals surface area (Å²) in [4.78, 5) is 22.1. The molecule has 1 amide bonds. The van der Waals surface area contributed by atoms with Crippen LogP contribution in [0, 0.1) is 10.1 Å². The summed E-state index contributed by atoms with van der Waals surface area (Å²) in [5.74, 6) is -0.820. The Balaban J connectivity index is 2.45. The third-order valence-corrected chi connectivity index (χ3v) is 3.96. The van der Waals surface area contributed by atoms with Gasteiger partial charge in [0.1, 0.15) is 5.56 Å². The predicted molar refractivity (Wildman–Crippen MR) is 75.6 cm³/mol. The minimum Gasteiger partial charge on any atom is -0.389 e. The van der Waals surface area contributed by atoms with E-state index >= 15 is 0 Å². The summed E-state index contributed by atoms with van der Waals surface area (Å²) >= 11 is 0.901. The van der Waals surface area contributed by atoms with E-state index in [1.165, 1.54) is 6.07 Å². The van der Waals surface area contributed by atoms with E-state index in [1.807, 2.05) is 0 Å². The maximum Gasteiger partial charge on any atom is 0.337 e. The van der Waals surface area contributed by atoms with Crippen molar-refractivity contribution in [3.63, 3.8) is 0 Å². The Labute approximate surface area is 118 Å². The van der Waals surface area contributed by atoms with Gasteiger partial charge < -0.3 is 10.8 Å². The van der Waals surface area contributed by atoms with Crippen molar-refractivity contribution in [1.82, 2.24) is 0 Å². The monoisotopic (exact) mass is 292 g/mol. The molecule has 104 valence electrons. The Kier molecular flexibility index (Phi) is 3.82. The first kappa shape index (κ1) is 14.2. The van der Waals surface area contributed by atoms with Crippen molar-refractivity contribution in [1.29, 1.82) is 0 Å². The first-order valence-corrected chi connectivity index (χ1v) is 6.58. The van der Waals surface area contributed by atoms with E-state index in [2.05, 4.69) is 0 Å². The summed E-state index contributed by atoms with van der Waals surface area (Å²) < 4.78 is 0. The molecule has 20 heavy (non-hydrogen) atoms. The van der Waals surface area contributed by atoms with Crippen LogP contribution in [0.3, 0.4) is 0 Å². The number of aliphatic hydroxyl groups is 1. The van der Waals surface area contributed by atoms with Gasteiger partial charge in [0.05, 0.1) is 11.0 Å². The lowest BCUT2D eigenvalue weighted by atomic mass is 10.1. The van der Waals surface area contributed by atoms with Crippen LogP contribution in [-0.4, -0.2) is 15.9 Å². The first-order chi connectivity index (χ1) is 9.40. The molecule has 0 aliphatic carbocycles. The number of primary amides is 1. The molecule has 7 heteroatoms.